The number of rotatable bonds is 0. The van der Waals surface area contributed by atoms with Crippen molar-refractivity contribution in [1.82, 2.24) is 0 Å². The van der Waals surface area contributed by atoms with Crippen molar-refractivity contribution in [1.29, 1.82) is 0 Å². The van der Waals surface area contributed by atoms with Gasteiger partial charge in [0.1, 0.15) is 0 Å². The van der Waals surface area contributed by atoms with Gasteiger partial charge in [-0.05, 0) is 54.8 Å². The first-order chi connectivity index (χ1) is 6.22. The lowest BCUT2D eigenvalue weighted by molar-refractivity contribution is 0.0930. The predicted molar refractivity (Wildman–Crippen MR) is 55.4 cm³/mol. The largest absolute Gasteiger partial charge is 0.0625 e. The third-order valence-corrected chi connectivity index (χ3v) is 5.44. The fourth-order valence-corrected chi connectivity index (χ4v) is 4.50. The monoisotopic (exact) mass is 178 g/mol. The average Bonchev–Trinajstić information content (AvgIpc) is 2.83. The zero-order valence-electron chi connectivity index (χ0n) is 9.05. The zero-order valence-corrected chi connectivity index (χ0v) is 9.05. The molecule has 3 saturated carbocycles. The van der Waals surface area contributed by atoms with Gasteiger partial charge in [-0.25, -0.2) is 0 Å². The molecular weight excluding hydrogens is 156 g/mol. The molecule has 0 amide bonds. The summed E-state index contributed by atoms with van der Waals surface area (Å²) in [4.78, 5) is 0. The summed E-state index contributed by atoms with van der Waals surface area (Å²) in [5.41, 5.74) is 0.893. The maximum Gasteiger partial charge on any atom is -0.0235 e. The summed E-state index contributed by atoms with van der Waals surface area (Å²) in [5.74, 6) is 4.38. The van der Waals surface area contributed by atoms with Crippen molar-refractivity contribution in [3.63, 3.8) is 0 Å². The highest BCUT2D eigenvalue weighted by molar-refractivity contribution is 5.12. The van der Waals surface area contributed by atoms with Gasteiger partial charge in [-0.2, -0.15) is 0 Å². The smallest absolute Gasteiger partial charge is 0.0235 e. The van der Waals surface area contributed by atoms with Crippen LogP contribution in [0, 0.1) is 29.1 Å². The molecule has 0 nitrogen and oxygen atoms in total. The third kappa shape index (κ3) is 1.04. The Balaban J connectivity index is 1.81. The van der Waals surface area contributed by atoms with Gasteiger partial charge < -0.3 is 0 Å². The van der Waals surface area contributed by atoms with E-state index in [4.69, 9.17) is 0 Å². The van der Waals surface area contributed by atoms with Gasteiger partial charge in [0.25, 0.3) is 0 Å². The molecule has 0 heterocycles. The van der Waals surface area contributed by atoms with Crippen LogP contribution >= 0.6 is 0 Å². The van der Waals surface area contributed by atoms with Gasteiger partial charge in [-0.1, -0.05) is 26.7 Å². The molecule has 0 bridgehead atoms. The molecule has 0 saturated heterocycles. The molecule has 5 atom stereocenters. The van der Waals surface area contributed by atoms with Gasteiger partial charge in [0.05, 0.1) is 0 Å². The minimum Gasteiger partial charge on any atom is -0.0625 e. The van der Waals surface area contributed by atoms with E-state index in [2.05, 4.69) is 13.8 Å². The minimum atomic E-state index is 0.893. The van der Waals surface area contributed by atoms with Gasteiger partial charge >= 0.3 is 0 Å². The van der Waals surface area contributed by atoms with E-state index in [1.54, 1.807) is 25.7 Å². The maximum absolute atomic E-state index is 2.49. The molecule has 0 aromatic rings. The third-order valence-electron chi connectivity index (χ3n) is 5.44. The van der Waals surface area contributed by atoms with Crippen molar-refractivity contribution in [2.75, 3.05) is 0 Å². The average molecular weight is 178 g/mol. The molecule has 0 aromatic carbocycles. The first-order valence-corrected chi connectivity index (χ1v) is 6.22. The van der Waals surface area contributed by atoms with Crippen LogP contribution in [0.4, 0.5) is 0 Å². The molecule has 13 heavy (non-hydrogen) atoms. The summed E-state index contributed by atoms with van der Waals surface area (Å²) in [5, 5.41) is 0. The van der Waals surface area contributed by atoms with E-state index in [9.17, 15) is 0 Å². The molecular formula is C13H22. The van der Waals surface area contributed by atoms with Gasteiger partial charge in [0.15, 0.2) is 0 Å². The molecule has 0 aromatic heterocycles. The van der Waals surface area contributed by atoms with E-state index in [-0.39, 0.29) is 0 Å². The second-order valence-electron chi connectivity index (χ2n) is 6.17. The first-order valence-electron chi connectivity index (χ1n) is 6.22. The van der Waals surface area contributed by atoms with Crippen LogP contribution in [0.1, 0.15) is 52.4 Å². The Morgan fingerprint density at radius 1 is 1.08 bits per heavy atom. The van der Waals surface area contributed by atoms with Gasteiger partial charge in [-0.3, -0.25) is 0 Å². The fourth-order valence-electron chi connectivity index (χ4n) is 4.50. The molecule has 0 radical (unpaired) electrons. The number of hydrogen-bond acceptors (Lipinski definition) is 0. The van der Waals surface area contributed by atoms with Crippen LogP contribution in [0.2, 0.25) is 0 Å². The van der Waals surface area contributed by atoms with Crippen LogP contribution in [0.15, 0.2) is 0 Å². The SMILES string of the molecule is CC1CCC23CC2C(C)CCC3C1. The standard InChI is InChI=1S/C13H22/c1-9-5-6-13-8-12(13)10(2)3-4-11(13)7-9/h9-12H,3-8H2,1-2H3. The van der Waals surface area contributed by atoms with Crippen LogP contribution in [0.3, 0.4) is 0 Å². The van der Waals surface area contributed by atoms with Gasteiger partial charge in [-0.15, -0.1) is 0 Å². The maximum atomic E-state index is 2.49. The fraction of sp³-hybridized carbons (Fsp3) is 1.00. The Bertz CT molecular complexity index is 220. The Morgan fingerprint density at radius 2 is 1.92 bits per heavy atom. The zero-order chi connectivity index (χ0) is 9.05. The summed E-state index contributed by atoms with van der Waals surface area (Å²) >= 11 is 0. The Morgan fingerprint density at radius 3 is 2.77 bits per heavy atom. The normalized spacial score (nSPS) is 59.5. The molecule has 3 aliphatic carbocycles. The molecule has 0 aliphatic heterocycles. The van der Waals surface area contributed by atoms with E-state index in [1.807, 2.05) is 0 Å². The van der Waals surface area contributed by atoms with Crippen molar-refractivity contribution in [2.45, 2.75) is 52.4 Å². The second-order valence-corrected chi connectivity index (χ2v) is 6.17. The topological polar surface area (TPSA) is 0 Å². The summed E-state index contributed by atoms with van der Waals surface area (Å²) in [6, 6.07) is 0. The molecule has 0 heteroatoms. The summed E-state index contributed by atoms with van der Waals surface area (Å²) < 4.78 is 0. The summed E-state index contributed by atoms with van der Waals surface area (Å²) in [7, 11) is 0. The molecule has 1 spiro atoms. The molecule has 74 valence electrons. The number of hydrogen-bond donors (Lipinski definition) is 0. The summed E-state index contributed by atoms with van der Waals surface area (Å²) in [6.45, 7) is 4.95. The Labute approximate surface area is 82.1 Å². The molecule has 0 N–H and O–H groups in total. The van der Waals surface area contributed by atoms with E-state index >= 15 is 0 Å². The second kappa shape index (κ2) is 2.52. The lowest BCUT2D eigenvalue weighted by Gasteiger charge is -2.41. The highest BCUT2D eigenvalue weighted by atomic mass is 14.7. The molecule has 5 unspecified atom stereocenters. The molecule has 3 rings (SSSR count). The Hall–Kier alpha value is 0. The highest BCUT2D eigenvalue weighted by Crippen LogP contribution is 2.71. The van der Waals surface area contributed by atoms with Crippen LogP contribution in [-0.4, -0.2) is 0 Å². The predicted octanol–water partition coefficient (Wildman–Crippen LogP) is 3.86. The summed E-state index contributed by atoms with van der Waals surface area (Å²) in [6.07, 6.45) is 9.36. The van der Waals surface area contributed by atoms with Crippen LogP contribution in [-0.2, 0) is 0 Å². The highest BCUT2D eigenvalue weighted by Gasteiger charge is 2.62. The first kappa shape index (κ1) is 8.32. The van der Waals surface area contributed by atoms with Crippen molar-refractivity contribution in [2.24, 2.45) is 29.1 Å². The van der Waals surface area contributed by atoms with E-state index < -0.39 is 0 Å². The lowest BCUT2D eigenvalue weighted by Crippen LogP contribution is -2.31. The van der Waals surface area contributed by atoms with Crippen molar-refractivity contribution in [3.8, 4) is 0 Å². The van der Waals surface area contributed by atoms with Crippen LogP contribution < -0.4 is 0 Å². The molecule has 3 aliphatic rings. The van der Waals surface area contributed by atoms with Gasteiger partial charge in [0, 0.05) is 0 Å². The van der Waals surface area contributed by atoms with E-state index in [1.165, 1.54) is 12.8 Å². The van der Waals surface area contributed by atoms with Crippen molar-refractivity contribution >= 4 is 0 Å². The van der Waals surface area contributed by atoms with Crippen LogP contribution in [0.25, 0.3) is 0 Å². The van der Waals surface area contributed by atoms with E-state index in [0.717, 1.165) is 29.1 Å². The van der Waals surface area contributed by atoms with E-state index in [0.29, 0.717) is 0 Å². The quantitative estimate of drug-likeness (QED) is 0.528. The minimum absolute atomic E-state index is 0.893. The molecule has 3 fully saturated rings. The van der Waals surface area contributed by atoms with Gasteiger partial charge in [0.2, 0.25) is 0 Å². The Kier molecular flexibility index (Phi) is 1.61. The lowest BCUT2D eigenvalue weighted by atomic mass is 9.64. The van der Waals surface area contributed by atoms with Crippen molar-refractivity contribution in [3.05, 3.63) is 0 Å². The van der Waals surface area contributed by atoms with Crippen molar-refractivity contribution < 1.29 is 0 Å². The van der Waals surface area contributed by atoms with Crippen LogP contribution in [0.5, 0.6) is 0 Å².